The first-order chi connectivity index (χ1) is 7.34. The van der Waals surface area contributed by atoms with Gasteiger partial charge in [0.25, 0.3) is 0 Å². The van der Waals surface area contributed by atoms with Crippen LogP contribution in [0.5, 0.6) is 0 Å². The Labute approximate surface area is 94.4 Å². The fourth-order valence-electron chi connectivity index (χ4n) is 2.41. The third-order valence-electron chi connectivity index (χ3n) is 3.84. The molecule has 2 aliphatic rings. The molecule has 0 bridgehead atoms. The van der Waals surface area contributed by atoms with Gasteiger partial charge < -0.3 is 10.2 Å². The lowest BCUT2D eigenvalue weighted by atomic mass is 10.0. The first kappa shape index (κ1) is 11.4. The van der Waals surface area contributed by atoms with Crippen LogP contribution >= 0.6 is 0 Å². The van der Waals surface area contributed by atoms with E-state index in [-0.39, 0.29) is 0 Å². The van der Waals surface area contributed by atoms with E-state index in [0.717, 1.165) is 11.8 Å². The minimum Gasteiger partial charge on any atom is -0.315 e. The highest BCUT2D eigenvalue weighted by Crippen LogP contribution is 2.27. The van der Waals surface area contributed by atoms with E-state index < -0.39 is 0 Å². The van der Waals surface area contributed by atoms with Crippen molar-refractivity contribution in [2.24, 2.45) is 11.8 Å². The van der Waals surface area contributed by atoms with Crippen molar-refractivity contribution >= 4 is 0 Å². The Morgan fingerprint density at radius 1 is 1.13 bits per heavy atom. The maximum Gasteiger partial charge on any atom is 0.0107 e. The molecule has 0 aromatic rings. The lowest BCUT2D eigenvalue weighted by molar-refractivity contribution is 0.280. The van der Waals surface area contributed by atoms with E-state index in [1.54, 1.807) is 0 Å². The molecule has 1 saturated carbocycles. The molecule has 2 fully saturated rings. The summed E-state index contributed by atoms with van der Waals surface area (Å²) in [6.07, 6.45) is 7.18. The van der Waals surface area contributed by atoms with Gasteiger partial charge in [-0.3, -0.25) is 0 Å². The standard InChI is InChI=1S/C13H26N2/c1-12-3-2-8-15(9-6-12)10-7-14-11-13-4-5-13/h12-14H,2-11H2,1H3. The van der Waals surface area contributed by atoms with Crippen molar-refractivity contribution in [3.63, 3.8) is 0 Å². The third kappa shape index (κ3) is 4.52. The van der Waals surface area contributed by atoms with Crippen molar-refractivity contribution in [1.82, 2.24) is 10.2 Å². The number of nitrogens with one attached hydrogen (secondary N) is 1. The second-order valence-electron chi connectivity index (χ2n) is 5.53. The Bertz CT molecular complexity index is 177. The van der Waals surface area contributed by atoms with Crippen molar-refractivity contribution in [3.8, 4) is 0 Å². The smallest absolute Gasteiger partial charge is 0.0107 e. The quantitative estimate of drug-likeness (QED) is 0.699. The highest BCUT2D eigenvalue weighted by Gasteiger charge is 2.20. The molecular formula is C13H26N2. The Kier molecular flexibility index (Phi) is 4.45. The summed E-state index contributed by atoms with van der Waals surface area (Å²) in [6.45, 7) is 8.78. The van der Waals surface area contributed by atoms with Crippen molar-refractivity contribution in [1.29, 1.82) is 0 Å². The summed E-state index contributed by atoms with van der Waals surface area (Å²) in [6, 6.07) is 0. The molecule has 2 heteroatoms. The molecule has 2 nitrogen and oxygen atoms in total. The van der Waals surface area contributed by atoms with Gasteiger partial charge >= 0.3 is 0 Å². The van der Waals surface area contributed by atoms with E-state index in [4.69, 9.17) is 0 Å². The molecule has 1 unspecified atom stereocenters. The molecule has 0 aromatic carbocycles. The van der Waals surface area contributed by atoms with Gasteiger partial charge in [0, 0.05) is 13.1 Å². The van der Waals surface area contributed by atoms with Crippen LogP contribution in [0.3, 0.4) is 0 Å². The fourth-order valence-corrected chi connectivity index (χ4v) is 2.41. The SMILES string of the molecule is CC1CCCN(CCNCC2CC2)CC1. The summed E-state index contributed by atoms with van der Waals surface area (Å²) in [5.74, 6) is 1.98. The van der Waals surface area contributed by atoms with Gasteiger partial charge in [0.15, 0.2) is 0 Å². The first-order valence-corrected chi connectivity index (χ1v) is 6.77. The molecule has 0 amide bonds. The van der Waals surface area contributed by atoms with E-state index in [9.17, 15) is 0 Å². The van der Waals surface area contributed by atoms with E-state index >= 15 is 0 Å². The second kappa shape index (κ2) is 5.86. The third-order valence-corrected chi connectivity index (χ3v) is 3.84. The van der Waals surface area contributed by atoms with Crippen LogP contribution in [0.25, 0.3) is 0 Å². The maximum absolute atomic E-state index is 3.58. The summed E-state index contributed by atoms with van der Waals surface area (Å²) >= 11 is 0. The summed E-state index contributed by atoms with van der Waals surface area (Å²) < 4.78 is 0. The molecule has 1 aliphatic heterocycles. The Morgan fingerprint density at radius 3 is 2.80 bits per heavy atom. The number of hydrogen-bond donors (Lipinski definition) is 1. The average Bonchev–Trinajstić information content (AvgIpc) is 3.02. The summed E-state index contributed by atoms with van der Waals surface area (Å²) in [7, 11) is 0. The zero-order chi connectivity index (χ0) is 10.5. The molecule has 0 spiro atoms. The molecule has 15 heavy (non-hydrogen) atoms. The van der Waals surface area contributed by atoms with Crippen molar-refractivity contribution < 1.29 is 0 Å². The predicted molar refractivity (Wildman–Crippen MR) is 65.0 cm³/mol. The van der Waals surface area contributed by atoms with Gasteiger partial charge in [-0.05, 0) is 63.6 Å². The normalized spacial score (nSPS) is 29.0. The van der Waals surface area contributed by atoms with Crippen LogP contribution in [-0.2, 0) is 0 Å². The molecule has 1 heterocycles. The van der Waals surface area contributed by atoms with Gasteiger partial charge in [-0.25, -0.2) is 0 Å². The number of hydrogen-bond acceptors (Lipinski definition) is 2. The highest BCUT2D eigenvalue weighted by atomic mass is 15.1. The summed E-state index contributed by atoms with van der Waals surface area (Å²) in [5.41, 5.74) is 0. The molecule has 2 rings (SSSR count). The largest absolute Gasteiger partial charge is 0.315 e. The monoisotopic (exact) mass is 210 g/mol. The molecule has 88 valence electrons. The fraction of sp³-hybridized carbons (Fsp3) is 1.00. The topological polar surface area (TPSA) is 15.3 Å². The van der Waals surface area contributed by atoms with E-state index in [0.29, 0.717) is 0 Å². The van der Waals surface area contributed by atoms with Gasteiger partial charge in [-0.1, -0.05) is 6.92 Å². The molecule has 1 aliphatic carbocycles. The lowest BCUT2D eigenvalue weighted by Gasteiger charge is -2.19. The molecule has 1 atom stereocenters. The summed E-state index contributed by atoms with van der Waals surface area (Å²) in [5, 5.41) is 3.58. The van der Waals surface area contributed by atoms with Crippen LogP contribution in [0.15, 0.2) is 0 Å². The van der Waals surface area contributed by atoms with E-state index in [2.05, 4.69) is 17.1 Å². The minimum absolute atomic E-state index is 0.953. The van der Waals surface area contributed by atoms with Crippen LogP contribution in [-0.4, -0.2) is 37.6 Å². The predicted octanol–water partition coefficient (Wildman–Crippen LogP) is 2.11. The molecule has 1 N–H and O–H groups in total. The van der Waals surface area contributed by atoms with Crippen molar-refractivity contribution in [2.45, 2.75) is 39.0 Å². The van der Waals surface area contributed by atoms with Crippen LogP contribution in [0.4, 0.5) is 0 Å². The van der Waals surface area contributed by atoms with Gasteiger partial charge in [0.1, 0.15) is 0 Å². The Balaban J connectivity index is 1.52. The zero-order valence-corrected chi connectivity index (χ0v) is 10.2. The number of rotatable bonds is 5. The zero-order valence-electron chi connectivity index (χ0n) is 10.2. The number of nitrogens with zero attached hydrogens (tertiary/aromatic N) is 1. The second-order valence-corrected chi connectivity index (χ2v) is 5.53. The van der Waals surface area contributed by atoms with Crippen molar-refractivity contribution in [2.75, 3.05) is 32.7 Å². The average molecular weight is 210 g/mol. The molecule has 0 radical (unpaired) electrons. The van der Waals surface area contributed by atoms with Crippen LogP contribution in [0.1, 0.15) is 39.0 Å². The first-order valence-electron chi connectivity index (χ1n) is 6.77. The van der Waals surface area contributed by atoms with E-state index in [1.807, 2.05) is 0 Å². The Morgan fingerprint density at radius 2 is 2.00 bits per heavy atom. The van der Waals surface area contributed by atoms with Gasteiger partial charge in [0.05, 0.1) is 0 Å². The lowest BCUT2D eigenvalue weighted by Crippen LogP contribution is -2.33. The van der Waals surface area contributed by atoms with Gasteiger partial charge in [0.2, 0.25) is 0 Å². The highest BCUT2D eigenvalue weighted by molar-refractivity contribution is 4.75. The van der Waals surface area contributed by atoms with Crippen LogP contribution in [0.2, 0.25) is 0 Å². The van der Waals surface area contributed by atoms with Crippen molar-refractivity contribution in [3.05, 3.63) is 0 Å². The maximum atomic E-state index is 3.58. The number of likely N-dealkylation sites (tertiary alicyclic amines) is 1. The molecule has 0 aromatic heterocycles. The summed E-state index contributed by atoms with van der Waals surface area (Å²) in [4.78, 5) is 2.64. The molecular weight excluding hydrogens is 184 g/mol. The Hall–Kier alpha value is -0.0800. The van der Waals surface area contributed by atoms with Gasteiger partial charge in [-0.2, -0.15) is 0 Å². The minimum atomic E-state index is 0.953. The van der Waals surface area contributed by atoms with E-state index in [1.165, 1.54) is 64.8 Å². The van der Waals surface area contributed by atoms with Gasteiger partial charge in [-0.15, -0.1) is 0 Å². The molecule has 1 saturated heterocycles. The van der Waals surface area contributed by atoms with Crippen LogP contribution in [0, 0.1) is 11.8 Å². The van der Waals surface area contributed by atoms with Crippen LogP contribution < -0.4 is 5.32 Å².